The van der Waals surface area contributed by atoms with Crippen molar-refractivity contribution in [2.75, 3.05) is 14.2 Å². The van der Waals surface area contributed by atoms with Gasteiger partial charge in [0.2, 0.25) is 5.69 Å². The fourth-order valence-corrected chi connectivity index (χ4v) is 3.84. The smallest absolute Gasteiger partial charge is 0.308 e. The highest BCUT2D eigenvalue weighted by molar-refractivity contribution is 5.74. The van der Waals surface area contributed by atoms with E-state index in [1.54, 1.807) is 20.1 Å². The first-order valence-corrected chi connectivity index (χ1v) is 10.8. The Kier molecular flexibility index (Phi) is 9.52. The number of aromatic nitrogens is 1. The van der Waals surface area contributed by atoms with E-state index in [-0.39, 0.29) is 25.4 Å². The molecular weight excluding hydrogens is 429 g/mol. The fourth-order valence-electron chi connectivity index (χ4n) is 3.84. The number of ether oxygens (including phenoxy) is 2. The van der Waals surface area contributed by atoms with Crippen LogP contribution in [0.5, 0.6) is 0 Å². The Morgan fingerprint density at radius 2 is 1.85 bits per heavy atom. The number of methoxy groups -OCH3 is 2. The predicted octanol–water partition coefficient (Wildman–Crippen LogP) is 3.39. The zero-order valence-corrected chi connectivity index (χ0v) is 19.7. The standard InChI is InChI=1S/C25H32FNO6/c1-15(2)24-21(11-10-19(28)12-20(29)13-23(30)33-5)25(17-6-8-18(26)9-7-17)27(31)16(3)22(24)14-32-4/h6-11,15,19-20,28-29H,12-14H2,1-5H3/b11-10+. The van der Waals surface area contributed by atoms with Crippen LogP contribution in [0.3, 0.4) is 0 Å². The van der Waals surface area contributed by atoms with E-state index in [2.05, 4.69) is 4.74 Å². The molecule has 2 unspecified atom stereocenters. The van der Waals surface area contributed by atoms with Crippen molar-refractivity contribution < 1.29 is 33.6 Å². The van der Waals surface area contributed by atoms with E-state index >= 15 is 0 Å². The van der Waals surface area contributed by atoms with Crippen LogP contribution in [0.4, 0.5) is 4.39 Å². The molecule has 0 spiro atoms. The Morgan fingerprint density at radius 1 is 1.21 bits per heavy atom. The van der Waals surface area contributed by atoms with Gasteiger partial charge >= 0.3 is 5.97 Å². The number of rotatable bonds is 10. The molecule has 0 radical (unpaired) electrons. The van der Waals surface area contributed by atoms with Crippen LogP contribution in [0.15, 0.2) is 30.3 Å². The van der Waals surface area contributed by atoms with Crippen molar-refractivity contribution in [2.45, 2.75) is 58.3 Å². The van der Waals surface area contributed by atoms with Crippen LogP contribution in [0, 0.1) is 17.9 Å². The Labute approximate surface area is 193 Å². The minimum absolute atomic E-state index is 0.0101. The van der Waals surface area contributed by atoms with Crippen molar-refractivity contribution in [3.05, 3.63) is 63.8 Å². The monoisotopic (exact) mass is 461 g/mol. The van der Waals surface area contributed by atoms with Gasteiger partial charge in [0, 0.05) is 31.6 Å². The minimum atomic E-state index is -1.08. The molecule has 33 heavy (non-hydrogen) atoms. The first-order chi connectivity index (χ1) is 15.6. The number of aliphatic hydroxyl groups excluding tert-OH is 2. The average Bonchev–Trinajstić information content (AvgIpc) is 2.76. The maximum absolute atomic E-state index is 13.5. The molecule has 1 aromatic heterocycles. The van der Waals surface area contributed by atoms with Crippen LogP contribution in [-0.4, -0.2) is 42.6 Å². The van der Waals surface area contributed by atoms with Gasteiger partial charge < -0.3 is 24.9 Å². The van der Waals surface area contributed by atoms with Gasteiger partial charge in [-0.2, -0.15) is 4.73 Å². The molecule has 2 aromatic rings. The SMILES string of the molecule is COCc1c(C(C)C)c(/C=C/C(O)CC(O)CC(=O)OC)c(-c2ccc(F)cc2)[n+]([O-])c1C. The lowest BCUT2D eigenvalue weighted by Crippen LogP contribution is -2.36. The van der Waals surface area contributed by atoms with Crippen molar-refractivity contribution in [3.63, 3.8) is 0 Å². The van der Waals surface area contributed by atoms with Gasteiger partial charge in [-0.3, -0.25) is 4.79 Å². The van der Waals surface area contributed by atoms with Crippen molar-refractivity contribution in [3.8, 4) is 11.3 Å². The normalized spacial score (nSPS) is 13.5. The molecular formula is C25H32FNO6. The molecule has 0 bridgehead atoms. The zero-order chi connectivity index (χ0) is 24.7. The molecule has 0 aliphatic carbocycles. The number of halogens is 1. The number of esters is 1. The number of hydrogen-bond acceptors (Lipinski definition) is 6. The van der Waals surface area contributed by atoms with Crippen LogP contribution < -0.4 is 4.73 Å². The lowest BCUT2D eigenvalue weighted by atomic mass is 9.88. The van der Waals surface area contributed by atoms with Crippen LogP contribution >= 0.6 is 0 Å². The van der Waals surface area contributed by atoms with Crippen molar-refractivity contribution >= 4 is 12.0 Å². The van der Waals surface area contributed by atoms with Gasteiger partial charge in [0.1, 0.15) is 5.82 Å². The number of carbonyl (C=O) groups excluding carboxylic acids is 1. The van der Waals surface area contributed by atoms with Gasteiger partial charge in [-0.05, 0) is 41.8 Å². The van der Waals surface area contributed by atoms with Gasteiger partial charge in [0.25, 0.3) is 0 Å². The minimum Gasteiger partial charge on any atom is -0.618 e. The molecule has 0 aliphatic rings. The highest BCUT2D eigenvalue weighted by Gasteiger charge is 2.27. The summed E-state index contributed by atoms with van der Waals surface area (Å²) in [5.74, 6) is -0.981. The Bertz CT molecular complexity index is 988. The number of nitrogens with zero attached hydrogens (tertiary/aromatic N) is 1. The molecule has 0 aliphatic heterocycles. The second-order valence-corrected chi connectivity index (χ2v) is 8.23. The van der Waals surface area contributed by atoms with E-state index in [1.807, 2.05) is 13.8 Å². The molecule has 2 rings (SSSR count). The Hall–Kier alpha value is -2.81. The summed E-state index contributed by atoms with van der Waals surface area (Å²) in [5, 5.41) is 33.7. The first kappa shape index (κ1) is 26.4. The first-order valence-electron chi connectivity index (χ1n) is 10.8. The maximum atomic E-state index is 13.5. The number of aliphatic hydroxyl groups is 2. The van der Waals surface area contributed by atoms with Crippen molar-refractivity contribution in [2.24, 2.45) is 0 Å². The third-order valence-electron chi connectivity index (χ3n) is 5.43. The van der Waals surface area contributed by atoms with Gasteiger partial charge in [-0.25, -0.2) is 4.39 Å². The lowest BCUT2D eigenvalue weighted by molar-refractivity contribution is -0.601. The summed E-state index contributed by atoms with van der Waals surface area (Å²) in [5.41, 5.74) is 3.53. The second-order valence-electron chi connectivity index (χ2n) is 8.23. The maximum Gasteiger partial charge on any atom is 0.308 e. The summed E-state index contributed by atoms with van der Waals surface area (Å²) in [6, 6.07) is 5.64. The lowest BCUT2D eigenvalue weighted by Gasteiger charge is -2.22. The van der Waals surface area contributed by atoms with Gasteiger partial charge in [0.15, 0.2) is 5.69 Å². The van der Waals surface area contributed by atoms with Gasteiger partial charge in [-0.15, -0.1) is 0 Å². The van der Waals surface area contributed by atoms with Crippen LogP contribution in [0.1, 0.15) is 55.0 Å². The van der Waals surface area contributed by atoms with Gasteiger partial charge in [0.05, 0.1) is 37.9 Å². The topological polar surface area (TPSA) is 103 Å². The molecule has 1 aromatic carbocycles. The summed E-state index contributed by atoms with van der Waals surface area (Å²) in [4.78, 5) is 11.3. The Balaban J connectivity index is 2.60. The molecule has 0 saturated heterocycles. The second kappa shape index (κ2) is 11.9. The van der Waals surface area contributed by atoms with E-state index in [1.165, 1.54) is 37.5 Å². The molecule has 1 heterocycles. The average molecular weight is 462 g/mol. The molecule has 2 atom stereocenters. The van der Waals surface area contributed by atoms with Crippen LogP contribution in [0.2, 0.25) is 0 Å². The molecule has 0 amide bonds. The molecule has 8 heteroatoms. The zero-order valence-electron chi connectivity index (χ0n) is 19.7. The summed E-state index contributed by atoms with van der Waals surface area (Å²) in [6.07, 6.45) is 0.644. The van der Waals surface area contributed by atoms with Crippen LogP contribution in [-0.2, 0) is 20.9 Å². The summed E-state index contributed by atoms with van der Waals surface area (Å²) < 4.78 is 24.2. The van der Waals surface area contributed by atoms with Crippen LogP contribution in [0.25, 0.3) is 17.3 Å². The fraction of sp³-hybridized carbons (Fsp3) is 0.440. The van der Waals surface area contributed by atoms with Crippen molar-refractivity contribution in [1.82, 2.24) is 0 Å². The summed E-state index contributed by atoms with van der Waals surface area (Å²) in [7, 11) is 2.78. The highest BCUT2D eigenvalue weighted by Crippen LogP contribution is 2.33. The largest absolute Gasteiger partial charge is 0.618 e. The van der Waals surface area contributed by atoms with E-state index in [0.717, 1.165) is 15.9 Å². The summed E-state index contributed by atoms with van der Waals surface area (Å²) in [6.45, 7) is 5.93. The molecule has 180 valence electrons. The van der Waals surface area contributed by atoms with E-state index in [0.29, 0.717) is 22.5 Å². The predicted molar refractivity (Wildman–Crippen MR) is 123 cm³/mol. The third kappa shape index (κ3) is 6.60. The number of hydrogen-bond donors (Lipinski definition) is 2. The molecule has 7 nitrogen and oxygen atoms in total. The molecule has 2 N–H and O–H groups in total. The van der Waals surface area contributed by atoms with Crippen molar-refractivity contribution in [1.29, 1.82) is 0 Å². The number of benzene rings is 1. The third-order valence-corrected chi connectivity index (χ3v) is 5.43. The van der Waals surface area contributed by atoms with Gasteiger partial charge in [-0.1, -0.05) is 19.9 Å². The van der Waals surface area contributed by atoms with E-state index in [9.17, 15) is 24.6 Å². The quantitative estimate of drug-likeness (QED) is 0.319. The van der Waals surface area contributed by atoms with E-state index in [4.69, 9.17) is 4.74 Å². The summed E-state index contributed by atoms with van der Waals surface area (Å²) >= 11 is 0. The Morgan fingerprint density at radius 3 is 2.39 bits per heavy atom. The molecule has 0 fully saturated rings. The highest BCUT2D eigenvalue weighted by atomic mass is 19.1. The number of pyridine rings is 1. The number of carbonyl (C=O) groups is 1. The molecule has 0 saturated carbocycles. The van der Waals surface area contributed by atoms with E-state index < -0.39 is 24.0 Å².